The van der Waals surface area contributed by atoms with Gasteiger partial charge in [-0.2, -0.15) is 5.10 Å². The topological polar surface area (TPSA) is 109 Å². The first-order chi connectivity index (χ1) is 16.8. The van der Waals surface area contributed by atoms with Gasteiger partial charge in [0.2, 0.25) is 6.79 Å². The molecule has 0 aromatic heterocycles. The molecule has 1 heterocycles. The number of nitrogens with zero attached hydrogens (tertiary/aromatic N) is 1. The van der Waals surface area contributed by atoms with Crippen LogP contribution in [0.1, 0.15) is 21.5 Å². The number of benzene rings is 3. The average Bonchev–Trinajstić information content (AvgIpc) is 3.32. The molecule has 0 aliphatic carbocycles. The van der Waals surface area contributed by atoms with Gasteiger partial charge >= 0.3 is 0 Å². The predicted molar refractivity (Wildman–Crippen MR) is 141 cm³/mol. The summed E-state index contributed by atoms with van der Waals surface area (Å²) < 4.78 is 12.2. The SMILES string of the molecule is O=C(N/N=C/c1c(Br)cc(Br)c(O)c1Br)/C(=C\c1ccc2c(c1)OCO2)NC(=O)c1ccccc1. The van der Waals surface area contributed by atoms with Crippen molar-refractivity contribution in [3.63, 3.8) is 0 Å². The van der Waals surface area contributed by atoms with Crippen molar-refractivity contribution in [1.82, 2.24) is 10.7 Å². The Morgan fingerprint density at radius 2 is 1.71 bits per heavy atom. The number of rotatable bonds is 6. The quantitative estimate of drug-likeness (QED) is 0.187. The Hall–Kier alpha value is -3.15. The largest absolute Gasteiger partial charge is 0.506 e. The van der Waals surface area contributed by atoms with Crippen LogP contribution in [0.3, 0.4) is 0 Å². The fourth-order valence-corrected chi connectivity index (χ4v) is 5.37. The lowest BCUT2D eigenvalue weighted by molar-refractivity contribution is -0.117. The third-order valence-corrected chi connectivity index (χ3v) is 6.84. The third kappa shape index (κ3) is 5.92. The van der Waals surface area contributed by atoms with E-state index in [4.69, 9.17) is 9.47 Å². The number of halogens is 3. The molecular formula is C24H16Br3N3O5. The number of hydrazone groups is 1. The molecule has 8 nitrogen and oxygen atoms in total. The Bertz CT molecular complexity index is 1360. The molecule has 0 bridgehead atoms. The van der Waals surface area contributed by atoms with Gasteiger partial charge in [0.1, 0.15) is 11.4 Å². The summed E-state index contributed by atoms with van der Waals surface area (Å²) in [5.41, 5.74) is 3.87. The van der Waals surface area contributed by atoms with Crippen LogP contribution in [0.4, 0.5) is 0 Å². The maximum Gasteiger partial charge on any atom is 0.287 e. The number of nitrogens with one attached hydrogen (secondary N) is 2. The first kappa shape index (κ1) is 25.0. The molecule has 0 saturated carbocycles. The van der Waals surface area contributed by atoms with E-state index in [1.165, 1.54) is 12.3 Å². The lowest BCUT2D eigenvalue weighted by atomic mass is 10.1. The summed E-state index contributed by atoms with van der Waals surface area (Å²) >= 11 is 9.94. The number of aromatic hydroxyl groups is 1. The highest BCUT2D eigenvalue weighted by Gasteiger charge is 2.17. The number of amides is 2. The van der Waals surface area contributed by atoms with Crippen LogP contribution in [0.5, 0.6) is 17.2 Å². The predicted octanol–water partition coefficient (Wildman–Crippen LogP) is 5.33. The Morgan fingerprint density at radius 3 is 2.49 bits per heavy atom. The molecule has 0 unspecified atom stereocenters. The van der Waals surface area contributed by atoms with E-state index < -0.39 is 11.8 Å². The van der Waals surface area contributed by atoms with E-state index in [1.807, 2.05) is 0 Å². The van der Waals surface area contributed by atoms with Crippen molar-refractivity contribution >= 4 is 71.9 Å². The van der Waals surface area contributed by atoms with Gasteiger partial charge in [0.15, 0.2) is 11.5 Å². The molecule has 2 amide bonds. The van der Waals surface area contributed by atoms with Gasteiger partial charge in [-0.15, -0.1) is 0 Å². The molecule has 178 valence electrons. The van der Waals surface area contributed by atoms with Crippen molar-refractivity contribution in [2.24, 2.45) is 5.10 Å². The van der Waals surface area contributed by atoms with Crippen LogP contribution in [0.2, 0.25) is 0 Å². The highest BCUT2D eigenvalue weighted by molar-refractivity contribution is 9.11. The average molecular weight is 666 g/mol. The first-order valence-corrected chi connectivity index (χ1v) is 12.4. The number of ether oxygens (including phenoxy) is 2. The molecule has 1 aliphatic heterocycles. The summed E-state index contributed by atoms with van der Waals surface area (Å²) in [6.45, 7) is 0.117. The zero-order chi connectivity index (χ0) is 24.9. The van der Waals surface area contributed by atoms with Gasteiger partial charge in [0.25, 0.3) is 11.8 Å². The monoisotopic (exact) mass is 663 g/mol. The molecule has 0 fully saturated rings. The molecule has 1 aliphatic rings. The lowest BCUT2D eigenvalue weighted by Crippen LogP contribution is -2.32. The van der Waals surface area contributed by atoms with Crippen LogP contribution in [-0.4, -0.2) is 29.9 Å². The van der Waals surface area contributed by atoms with Crippen LogP contribution in [0, 0.1) is 0 Å². The van der Waals surface area contributed by atoms with Gasteiger partial charge in [-0.3, -0.25) is 9.59 Å². The minimum Gasteiger partial charge on any atom is -0.506 e. The van der Waals surface area contributed by atoms with Crippen LogP contribution >= 0.6 is 47.8 Å². The van der Waals surface area contributed by atoms with Crippen molar-refractivity contribution < 1.29 is 24.2 Å². The van der Waals surface area contributed by atoms with Crippen molar-refractivity contribution in [3.05, 3.63) is 90.4 Å². The molecule has 4 rings (SSSR count). The molecule has 3 aromatic rings. The van der Waals surface area contributed by atoms with Crippen molar-refractivity contribution in [1.29, 1.82) is 0 Å². The Balaban J connectivity index is 1.59. The maximum atomic E-state index is 13.0. The zero-order valence-corrected chi connectivity index (χ0v) is 22.5. The fourth-order valence-electron chi connectivity index (χ4n) is 3.04. The number of carbonyl (C=O) groups is 2. The van der Waals surface area contributed by atoms with E-state index in [1.54, 1.807) is 54.6 Å². The minimum atomic E-state index is -0.656. The summed E-state index contributed by atoms with van der Waals surface area (Å²) in [6.07, 6.45) is 2.86. The first-order valence-electron chi connectivity index (χ1n) is 10.0. The second-order valence-corrected chi connectivity index (χ2v) is 9.61. The van der Waals surface area contributed by atoms with Crippen LogP contribution in [0.15, 0.2) is 78.8 Å². The standard InChI is InChI=1S/C24H16Br3N3O5/c25-16-10-17(26)22(31)21(27)15(16)11-28-30-24(33)18(29-23(32)14-4-2-1-3-5-14)8-13-6-7-19-20(9-13)35-12-34-19/h1-11,31H,12H2,(H,29,32)(H,30,33)/b18-8+,28-11+. The molecule has 0 spiro atoms. The van der Waals surface area contributed by atoms with Gasteiger partial charge in [-0.1, -0.05) is 40.2 Å². The Morgan fingerprint density at radius 1 is 0.971 bits per heavy atom. The number of fused-ring (bicyclic) bond motifs is 1. The van der Waals surface area contributed by atoms with Gasteiger partial charge < -0.3 is 19.9 Å². The smallest absolute Gasteiger partial charge is 0.287 e. The lowest BCUT2D eigenvalue weighted by Gasteiger charge is -2.10. The summed E-state index contributed by atoms with van der Waals surface area (Å²) in [5, 5.41) is 16.7. The second kappa shape index (κ2) is 11.1. The van der Waals surface area contributed by atoms with E-state index in [0.29, 0.717) is 41.6 Å². The Kier molecular flexibility index (Phi) is 7.89. The summed E-state index contributed by atoms with van der Waals surface area (Å²) in [7, 11) is 0. The Labute approximate surface area is 225 Å². The fraction of sp³-hybridized carbons (Fsp3) is 0.0417. The number of phenolic OH excluding ortho intramolecular Hbond substituents is 1. The summed E-state index contributed by atoms with van der Waals surface area (Å²) in [4.78, 5) is 25.7. The van der Waals surface area contributed by atoms with Crippen LogP contribution in [0.25, 0.3) is 6.08 Å². The highest BCUT2D eigenvalue weighted by Crippen LogP contribution is 2.38. The van der Waals surface area contributed by atoms with Crippen LogP contribution < -0.4 is 20.2 Å². The van der Waals surface area contributed by atoms with E-state index in [-0.39, 0.29) is 18.2 Å². The van der Waals surface area contributed by atoms with E-state index in [0.717, 1.165) is 0 Å². The third-order valence-electron chi connectivity index (χ3n) is 4.78. The minimum absolute atomic E-state index is 0.0144. The summed E-state index contributed by atoms with van der Waals surface area (Å²) in [5.74, 6) is 0.00644. The molecule has 0 atom stereocenters. The van der Waals surface area contributed by atoms with Crippen molar-refractivity contribution in [2.75, 3.05) is 6.79 Å². The number of phenols is 1. The second-order valence-electron chi connectivity index (χ2n) is 7.11. The van der Waals surface area contributed by atoms with E-state index in [9.17, 15) is 14.7 Å². The number of carbonyl (C=O) groups excluding carboxylic acids is 2. The molecule has 35 heavy (non-hydrogen) atoms. The van der Waals surface area contributed by atoms with Gasteiger partial charge in [-0.05, 0) is 73.8 Å². The van der Waals surface area contributed by atoms with E-state index in [2.05, 4.69) is 63.6 Å². The van der Waals surface area contributed by atoms with E-state index >= 15 is 0 Å². The molecule has 0 radical (unpaired) electrons. The highest BCUT2D eigenvalue weighted by atomic mass is 79.9. The van der Waals surface area contributed by atoms with Crippen molar-refractivity contribution in [3.8, 4) is 17.2 Å². The maximum absolute atomic E-state index is 13.0. The number of hydrogen-bond acceptors (Lipinski definition) is 6. The van der Waals surface area contributed by atoms with Gasteiger partial charge in [-0.25, -0.2) is 5.43 Å². The van der Waals surface area contributed by atoms with Gasteiger partial charge in [0, 0.05) is 15.6 Å². The molecular weight excluding hydrogens is 650 g/mol. The molecule has 3 N–H and O–H groups in total. The molecule has 3 aromatic carbocycles. The van der Waals surface area contributed by atoms with Crippen LogP contribution in [-0.2, 0) is 4.79 Å². The normalized spacial score (nSPS) is 12.6. The zero-order valence-electron chi connectivity index (χ0n) is 17.7. The van der Waals surface area contributed by atoms with Gasteiger partial charge in [0.05, 0.1) is 15.2 Å². The number of hydrogen-bond donors (Lipinski definition) is 3. The summed E-state index contributed by atoms with van der Waals surface area (Å²) in [6, 6.07) is 15.3. The molecule has 11 heteroatoms. The van der Waals surface area contributed by atoms with Crippen molar-refractivity contribution in [2.45, 2.75) is 0 Å². The molecule has 0 saturated heterocycles.